The Morgan fingerprint density at radius 1 is 1.16 bits per heavy atom. The van der Waals surface area contributed by atoms with Gasteiger partial charge in [-0.15, -0.1) is 0 Å². The molecule has 1 heterocycles. The first-order valence-corrected chi connectivity index (χ1v) is 8.31. The van der Waals surface area contributed by atoms with Crippen molar-refractivity contribution in [2.24, 2.45) is 17.3 Å². The van der Waals surface area contributed by atoms with Gasteiger partial charge in [-0.25, -0.2) is 0 Å². The smallest absolute Gasteiger partial charge is 0.0101 e. The predicted molar refractivity (Wildman–Crippen MR) is 84.3 cm³/mol. The fourth-order valence-corrected chi connectivity index (χ4v) is 3.76. The lowest BCUT2D eigenvalue weighted by Gasteiger charge is -2.28. The Bertz CT molecular complexity index is 321. The average molecular weight is 263 g/mol. The van der Waals surface area contributed by atoms with E-state index in [9.17, 15) is 0 Å². The average Bonchev–Trinajstić information content (AvgIpc) is 2.66. The van der Waals surface area contributed by atoms with Gasteiger partial charge in [0.05, 0.1) is 0 Å². The van der Waals surface area contributed by atoms with Crippen molar-refractivity contribution in [1.82, 2.24) is 4.90 Å². The minimum Gasteiger partial charge on any atom is -0.300 e. The third-order valence-electron chi connectivity index (χ3n) is 5.32. The Kier molecular flexibility index (Phi) is 4.76. The summed E-state index contributed by atoms with van der Waals surface area (Å²) in [7, 11) is 0. The van der Waals surface area contributed by atoms with Gasteiger partial charge < -0.3 is 4.90 Å². The maximum Gasteiger partial charge on any atom is 0.0101 e. The molecule has 0 aromatic rings. The zero-order chi connectivity index (χ0) is 14.0. The highest BCUT2D eigenvalue weighted by Crippen LogP contribution is 2.35. The lowest BCUT2D eigenvalue weighted by Crippen LogP contribution is -2.33. The molecule has 1 saturated heterocycles. The van der Waals surface area contributed by atoms with E-state index < -0.39 is 0 Å². The minimum absolute atomic E-state index is 0.375. The Balaban J connectivity index is 1.89. The number of hydrogen-bond acceptors (Lipinski definition) is 1. The second-order valence-corrected chi connectivity index (χ2v) is 8.04. The van der Waals surface area contributed by atoms with Crippen LogP contribution in [0.5, 0.6) is 0 Å². The van der Waals surface area contributed by atoms with E-state index in [1.54, 1.807) is 5.57 Å². The van der Waals surface area contributed by atoms with Gasteiger partial charge in [-0.1, -0.05) is 46.3 Å². The Labute approximate surface area is 120 Å². The second kappa shape index (κ2) is 5.99. The molecule has 1 heteroatoms. The summed E-state index contributed by atoms with van der Waals surface area (Å²) in [4.78, 5) is 2.80. The largest absolute Gasteiger partial charge is 0.300 e. The zero-order valence-corrected chi connectivity index (χ0v) is 13.7. The van der Waals surface area contributed by atoms with Crippen molar-refractivity contribution in [2.45, 2.75) is 72.8 Å². The normalized spacial score (nSPS) is 30.5. The van der Waals surface area contributed by atoms with Crippen LogP contribution in [0, 0.1) is 17.3 Å². The quantitative estimate of drug-likeness (QED) is 0.642. The first kappa shape index (κ1) is 15.1. The summed E-state index contributed by atoms with van der Waals surface area (Å²) in [5, 5.41) is 0. The number of rotatable bonds is 2. The van der Waals surface area contributed by atoms with Gasteiger partial charge in [0.15, 0.2) is 0 Å². The van der Waals surface area contributed by atoms with Crippen molar-refractivity contribution in [2.75, 3.05) is 13.1 Å². The van der Waals surface area contributed by atoms with E-state index in [0.29, 0.717) is 5.41 Å². The molecule has 2 unspecified atom stereocenters. The topological polar surface area (TPSA) is 3.24 Å². The standard InChI is InChI=1S/C18H33N/c1-14(2)15-11-12-19(13-15)17-8-6-7-16(9-10-17)18(3,4)5/h7,14-15,17H,6,8-13H2,1-5H3. The number of likely N-dealkylation sites (tertiary alicyclic amines) is 1. The monoisotopic (exact) mass is 263 g/mol. The molecule has 0 aromatic carbocycles. The van der Waals surface area contributed by atoms with Gasteiger partial charge in [-0.2, -0.15) is 0 Å². The maximum absolute atomic E-state index is 2.80. The highest BCUT2D eigenvalue weighted by atomic mass is 15.2. The SMILES string of the molecule is CC(C)C1CCN(C2CCC=C(C(C)(C)C)CC2)C1. The molecule has 1 aliphatic heterocycles. The van der Waals surface area contributed by atoms with Gasteiger partial charge in [0.1, 0.15) is 0 Å². The molecular formula is C18H33N. The molecule has 2 aliphatic rings. The van der Waals surface area contributed by atoms with Crippen LogP contribution in [0.3, 0.4) is 0 Å². The van der Waals surface area contributed by atoms with Crippen LogP contribution in [0.2, 0.25) is 0 Å². The molecule has 110 valence electrons. The van der Waals surface area contributed by atoms with Crippen LogP contribution in [-0.2, 0) is 0 Å². The summed E-state index contributed by atoms with van der Waals surface area (Å²) in [5.41, 5.74) is 2.06. The van der Waals surface area contributed by atoms with E-state index in [0.717, 1.165) is 17.9 Å². The van der Waals surface area contributed by atoms with Crippen LogP contribution in [0.25, 0.3) is 0 Å². The van der Waals surface area contributed by atoms with Gasteiger partial charge >= 0.3 is 0 Å². The van der Waals surface area contributed by atoms with E-state index in [1.807, 2.05) is 0 Å². The lowest BCUT2D eigenvalue weighted by molar-refractivity contribution is 0.206. The molecule has 0 spiro atoms. The third kappa shape index (κ3) is 3.84. The Morgan fingerprint density at radius 3 is 2.47 bits per heavy atom. The molecule has 2 atom stereocenters. The number of hydrogen-bond donors (Lipinski definition) is 0. The van der Waals surface area contributed by atoms with E-state index in [1.165, 1.54) is 45.2 Å². The molecule has 0 saturated carbocycles. The summed E-state index contributed by atoms with van der Waals surface area (Å²) >= 11 is 0. The predicted octanol–water partition coefficient (Wildman–Crippen LogP) is 4.88. The van der Waals surface area contributed by atoms with Crippen molar-refractivity contribution in [3.05, 3.63) is 11.6 Å². The van der Waals surface area contributed by atoms with E-state index in [2.05, 4.69) is 45.6 Å². The highest BCUT2D eigenvalue weighted by Gasteiger charge is 2.30. The van der Waals surface area contributed by atoms with Gasteiger partial charge in [0.25, 0.3) is 0 Å². The van der Waals surface area contributed by atoms with Crippen LogP contribution in [-0.4, -0.2) is 24.0 Å². The molecule has 0 radical (unpaired) electrons. The maximum atomic E-state index is 2.80. The van der Waals surface area contributed by atoms with Gasteiger partial charge in [0, 0.05) is 12.6 Å². The zero-order valence-electron chi connectivity index (χ0n) is 13.7. The Morgan fingerprint density at radius 2 is 1.89 bits per heavy atom. The van der Waals surface area contributed by atoms with E-state index >= 15 is 0 Å². The summed E-state index contributed by atoms with van der Waals surface area (Å²) < 4.78 is 0. The fourth-order valence-electron chi connectivity index (χ4n) is 3.76. The molecule has 1 aliphatic carbocycles. The lowest BCUT2D eigenvalue weighted by atomic mass is 9.83. The van der Waals surface area contributed by atoms with Crippen LogP contribution >= 0.6 is 0 Å². The summed E-state index contributed by atoms with van der Waals surface area (Å²) in [5.74, 6) is 1.80. The summed E-state index contributed by atoms with van der Waals surface area (Å²) in [6.07, 6.45) is 9.33. The first-order chi connectivity index (χ1) is 8.88. The third-order valence-corrected chi connectivity index (χ3v) is 5.32. The van der Waals surface area contributed by atoms with Crippen LogP contribution in [0.4, 0.5) is 0 Å². The van der Waals surface area contributed by atoms with Crippen LogP contribution in [0.1, 0.15) is 66.7 Å². The highest BCUT2D eigenvalue weighted by molar-refractivity contribution is 5.13. The molecule has 0 amide bonds. The molecule has 0 N–H and O–H groups in total. The molecule has 0 aromatic heterocycles. The van der Waals surface area contributed by atoms with Crippen molar-refractivity contribution in [3.8, 4) is 0 Å². The van der Waals surface area contributed by atoms with Gasteiger partial charge in [-0.05, 0) is 55.9 Å². The Hall–Kier alpha value is -0.300. The van der Waals surface area contributed by atoms with E-state index in [4.69, 9.17) is 0 Å². The van der Waals surface area contributed by atoms with E-state index in [-0.39, 0.29) is 0 Å². The fraction of sp³-hybridized carbons (Fsp3) is 0.889. The van der Waals surface area contributed by atoms with Gasteiger partial charge in [0.2, 0.25) is 0 Å². The first-order valence-electron chi connectivity index (χ1n) is 8.31. The molecule has 1 nitrogen and oxygen atoms in total. The number of nitrogens with zero attached hydrogens (tertiary/aromatic N) is 1. The molecule has 1 fully saturated rings. The van der Waals surface area contributed by atoms with Crippen LogP contribution in [0.15, 0.2) is 11.6 Å². The minimum atomic E-state index is 0.375. The molecule has 19 heavy (non-hydrogen) atoms. The summed E-state index contributed by atoms with van der Waals surface area (Å²) in [6.45, 7) is 14.6. The molecule has 2 rings (SSSR count). The van der Waals surface area contributed by atoms with Crippen molar-refractivity contribution in [3.63, 3.8) is 0 Å². The van der Waals surface area contributed by atoms with Crippen molar-refractivity contribution >= 4 is 0 Å². The second-order valence-electron chi connectivity index (χ2n) is 8.04. The molecular weight excluding hydrogens is 230 g/mol. The number of allylic oxidation sites excluding steroid dienone is 2. The van der Waals surface area contributed by atoms with Crippen molar-refractivity contribution in [1.29, 1.82) is 0 Å². The van der Waals surface area contributed by atoms with Crippen LogP contribution < -0.4 is 0 Å². The molecule has 0 bridgehead atoms. The van der Waals surface area contributed by atoms with Crippen molar-refractivity contribution < 1.29 is 0 Å². The van der Waals surface area contributed by atoms with Gasteiger partial charge in [-0.3, -0.25) is 0 Å². The summed E-state index contributed by atoms with van der Waals surface area (Å²) in [6, 6.07) is 0.847.